The van der Waals surface area contributed by atoms with E-state index in [0.29, 0.717) is 11.5 Å². The van der Waals surface area contributed by atoms with E-state index in [9.17, 15) is 4.79 Å². The zero-order valence-electron chi connectivity index (χ0n) is 14.9. The lowest BCUT2D eigenvalue weighted by molar-refractivity contribution is 0.0693. The minimum absolute atomic E-state index is 0. The first-order valence-corrected chi connectivity index (χ1v) is 8.87. The van der Waals surface area contributed by atoms with Gasteiger partial charge in [-0.2, -0.15) is 0 Å². The summed E-state index contributed by atoms with van der Waals surface area (Å²) >= 11 is 0. The van der Waals surface area contributed by atoms with Crippen molar-refractivity contribution < 1.29 is 4.79 Å². The van der Waals surface area contributed by atoms with Gasteiger partial charge in [0.1, 0.15) is 5.82 Å². The van der Waals surface area contributed by atoms with Crippen LogP contribution < -0.4 is 10.6 Å². The highest BCUT2D eigenvalue weighted by Crippen LogP contribution is 2.22. The highest BCUT2D eigenvalue weighted by Gasteiger charge is 2.23. The topological polar surface area (TPSA) is 62.5 Å². The first-order chi connectivity index (χ1) is 11.2. The molecular weight excluding hydrogens is 359 g/mol. The summed E-state index contributed by atoms with van der Waals surface area (Å²) in [6.45, 7) is 6.79. The summed E-state index contributed by atoms with van der Waals surface area (Å²) in [5.74, 6) is 2.48. The smallest absolute Gasteiger partial charge is 0.255 e. The molecule has 0 aliphatic carbocycles. The first-order valence-electron chi connectivity index (χ1n) is 8.87. The molecule has 2 N–H and O–H groups in total. The second-order valence-electron chi connectivity index (χ2n) is 7.05. The molecule has 1 amide bonds. The molecule has 2 aliphatic rings. The third-order valence-corrected chi connectivity index (χ3v) is 5.34. The number of hydrogen-bond donors (Lipinski definition) is 1. The van der Waals surface area contributed by atoms with Crippen LogP contribution in [0.3, 0.4) is 0 Å². The van der Waals surface area contributed by atoms with Crippen LogP contribution in [0, 0.1) is 11.8 Å². The van der Waals surface area contributed by atoms with Crippen LogP contribution in [0.5, 0.6) is 0 Å². The summed E-state index contributed by atoms with van der Waals surface area (Å²) in [4.78, 5) is 21.4. The van der Waals surface area contributed by atoms with Gasteiger partial charge in [-0.1, -0.05) is 6.92 Å². The normalized spacial score (nSPS) is 19.1. The summed E-state index contributed by atoms with van der Waals surface area (Å²) in [5.41, 5.74) is 6.41. The Kier molecular flexibility index (Phi) is 8.97. The molecule has 0 aromatic carbocycles. The van der Waals surface area contributed by atoms with E-state index in [2.05, 4.69) is 16.8 Å². The molecule has 2 aliphatic heterocycles. The van der Waals surface area contributed by atoms with Crippen molar-refractivity contribution in [3.63, 3.8) is 0 Å². The molecular formula is C18H30Cl2N4O. The van der Waals surface area contributed by atoms with Gasteiger partial charge >= 0.3 is 0 Å². The maximum absolute atomic E-state index is 12.6. The Hall–Kier alpha value is -1.04. The fraction of sp³-hybridized carbons (Fsp3) is 0.667. The minimum atomic E-state index is 0. The van der Waals surface area contributed by atoms with Crippen LogP contribution in [0.15, 0.2) is 18.3 Å². The lowest BCUT2D eigenvalue weighted by Crippen LogP contribution is -2.40. The predicted octanol–water partition coefficient (Wildman–Crippen LogP) is 2.97. The van der Waals surface area contributed by atoms with Crippen LogP contribution in [0.4, 0.5) is 5.82 Å². The molecule has 0 unspecified atom stereocenters. The monoisotopic (exact) mass is 388 g/mol. The molecule has 0 spiro atoms. The van der Waals surface area contributed by atoms with Crippen molar-refractivity contribution in [1.82, 2.24) is 9.88 Å². The highest BCUT2D eigenvalue weighted by atomic mass is 35.5. The van der Waals surface area contributed by atoms with E-state index in [1.807, 2.05) is 17.0 Å². The summed E-state index contributed by atoms with van der Waals surface area (Å²) in [5, 5.41) is 0. The van der Waals surface area contributed by atoms with Gasteiger partial charge in [0, 0.05) is 32.4 Å². The van der Waals surface area contributed by atoms with Crippen LogP contribution in [-0.2, 0) is 0 Å². The van der Waals surface area contributed by atoms with Crippen LogP contribution in [0.2, 0.25) is 0 Å². The third-order valence-electron chi connectivity index (χ3n) is 5.34. The van der Waals surface area contributed by atoms with Crippen LogP contribution >= 0.6 is 24.8 Å². The standard InChI is InChI=1S/C18H28N4O.2ClH/c1-14-4-8-21(9-5-14)17-3-2-16(13-20-17)18(23)22-10-6-15(12-19)7-11-22;;/h2-3,13-15H,4-12,19H2,1H3;2*1H. The van der Waals surface area contributed by atoms with Gasteiger partial charge in [0.05, 0.1) is 5.56 Å². The molecule has 1 aromatic rings. The molecule has 3 rings (SSSR count). The number of likely N-dealkylation sites (tertiary alicyclic amines) is 1. The minimum Gasteiger partial charge on any atom is -0.357 e. The van der Waals surface area contributed by atoms with Crippen molar-refractivity contribution in [2.24, 2.45) is 17.6 Å². The molecule has 0 radical (unpaired) electrons. The van der Waals surface area contributed by atoms with Crippen molar-refractivity contribution in [2.75, 3.05) is 37.6 Å². The van der Waals surface area contributed by atoms with Gasteiger partial charge in [-0.25, -0.2) is 4.98 Å². The van der Waals surface area contributed by atoms with E-state index in [1.165, 1.54) is 12.8 Å². The number of nitrogens with zero attached hydrogens (tertiary/aromatic N) is 3. The lowest BCUT2D eigenvalue weighted by Gasteiger charge is -2.32. The van der Waals surface area contributed by atoms with E-state index >= 15 is 0 Å². The number of nitrogens with two attached hydrogens (primary N) is 1. The number of pyridine rings is 1. The number of hydrogen-bond acceptors (Lipinski definition) is 4. The first kappa shape index (κ1) is 22.0. The quantitative estimate of drug-likeness (QED) is 0.864. The average Bonchev–Trinajstić information content (AvgIpc) is 2.62. The zero-order chi connectivity index (χ0) is 16.2. The fourth-order valence-corrected chi connectivity index (χ4v) is 3.49. The molecule has 2 fully saturated rings. The Bertz CT molecular complexity index is 524. The van der Waals surface area contributed by atoms with E-state index in [-0.39, 0.29) is 30.7 Å². The number of carbonyl (C=O) groups is 1. The molecule has 3 heterocycles. The van der Waals surface area contributed by atoms with Crippen molar-refractivity contribution >= 4 is 36.5 Å². The Labute approximate surface area is 163 Å². The number of carbonyl (C=O) groups excluding carboxylic acids is 1. The Morgan fingerprint density at radius 3 is 2.28 bits per heavy atom. The summed E-state index contributed by atoms with van der Waals surface area (Å²) in [6.07, 6.45) is 6.21. The average molecular weight is 389 g/mol. The number of amides is 1. The van der Waals surface area contributed by atoms with E-state index in [4.69, 9.17) is 5.73 Å². The largest absolute Gasteiger partial charge is 0.357 e. The SMILES string of the molecule is CC1CCN(c2ccc(C(=O)N3CCC(CN)CC3)cn2)CC1.Cl.Cl. The molecule has 2 saturated heterocycles. The van der Waals surface area contributed by atoms with Crippen LogP contribution in [-0.4, -0.2) is 48.5 Å². The maximum atomic E-state index is 12.6. The van der Waals surface area contributed by atoms with Gasteiger partial charge in [0.25, 0.3) is 5.91 Å². The Morgan fingerprint density at radius 1 is 1.12 bits per heavy atom. The van der Waals surface area contributed by atoms with Crippen molar-refractivity contribution in [2.45, 2.75) is 32.6 Å². The van der Waals surface area contributed by atoms with Crippen molar-refractivity contribution in [3.8, 4) is 0 Å². The number of halogens is 2. The summed E-state index contributed by atoms with van der Waals surface area (Å²) < 4.78 is 0. The van der Waals surface area contributed by atoms with Crippen LogP contribution in [0.1, 0.15) is 43.0 Å². The molecule has 142 valence electrons. The summed E-state index contributed by atoms with van der Waals surface area (Å²) in [7, 11) is 0. The lowest BCUT2D eigenvalue weighted by atomic mass is 9.97. The number of rotatable bonds is 3. The number of piperidine rings is 2. The zero-order valence-corrected chi connectivity index (χ0v) is 16.5. The molecule has 5 nitrogen and oxygen atoms in total. The Morgan fingerprint density at radius 2 is 1.76 bits per heavy atom. The van der Waals surface area contributed by atoms with Gasteiger partial charge in [-0.3, -0.25) is 4.79 Å². The fourth-order valence-electron chi connectivity index (χ4n) is 3.49. The molecule has 0 bridgehead atoms. The predicted molar refractivity (Wildman–Crippen MR) is 107 cm³/mol. The van der Waals surface area contributed by atoms with Crippen LogP contribution in [0.25, 0.3) is 0 Å². The molecule has 1 aromatic heterocycles. The van der Waals surface area contributed by atoms with Gasteiger partial charge in [0.15, 0.2) is 0 Å². The van der Waals surface area contributed by atoms with Gasteiger partial charge < -0.3 is 15.5 Å². The second kappa shape index (κ2) is 10.2. The van der Waals surface area contributed by atoms with Gasteiger partial charge in [0.2, 0.25) is 0 Å². The van der Waals surface area contributed by atoms with Crippen molar-refractivity contribution in [1.29, 1.82) is 0 Å². The Balaban J connectivity index is 0.00000156. The van der Waals surface area contributed by atoms with Gasteiger partial charge in [-0.05, 0) is 56.2 Å². The molecule has 0 saturated carbocycles. The summed E-state index contributed by atoms with van der Waals surface area (Å²) in [6, 6.07) is 3.92. The van der Waals surface area contributed by atoms with E-state index in [1.54, 1.807) is 6.20 Å². The van der Waals surface area contributed by atoms with Gasteiger partial charge in [-0.15, -0.1) is 24.8 Å². The highest BCUT2D eigenvalue weighted by molar-refractivity contribution is 5.94. The van der Waals surface area contributed by atoms with E-state index in [0.717, 1.165) is 57.3 Å². The van der Waals surface area contributed by atoms with Crippen molar-refractivity contribution in [3.05, 3.63) is 23.9 Å². The maximum Gasteiger partial charge on any atom is 0.255 e. The molecule has 0 atom stereocenters. The number of aromatic nitrogens is 1. The molecule has 7 heteroatoms. The molecule has 25 heavy (non-hydrogen) atoms. The number of anilines is 1. The third kappa shape index (κ3) is 5.47. The van der Waals surface area contributed by atoms with E-state index < -0.39 is 0 Å². The second-order valence-corrected chi connectivity index (χ2v) is 7.05.